The first-order valence-electron chi connectivity index (χ1n) is 4.04. The number of unbranched alkanes of at least 4 members (excludes halogenated alkanes) is 1. The van der Waals surface area contributed by atoms with Gasteiger partial charge in [0.1, 0.15) is 0 Å². The lowest BCUT2D eigenvalue weighted by molar-refractivity contribution is 0.899. The predicted octanol–water partition coefficient (Wildman–Crippen LogP) is 4.17. The van der Waals surface area contributed by atoms with Crippen LogP contribution in [0.25, 0.3) is 0 Å². The van der Waals surface area contributed by atoms with Crippen LogP contribution >= 0.6 is 36.2 Å². The molecule has 0 fully saturated rings. The molecule has 0 aromatic carbocycles. The standard InChI is InChI=1S/C5H6S2.C4H10S/c1-2-5-6-3-4-7-5;1-2-3-4-5/h2-5H,1H2;5H,2-4H2,1H3. The lowest BCUT2D eigenvalue weighted by atomic mass is 10.4. The smallest absolute Gasteiger partial charge is 0.0762 e. The molecule has 0 bridgehead atoms. The molecule has 0 saturated carbocycles. The molecule has 0 unspecified atom stereocenters. The van der Waals surface area contributed by atoms with Crippen LogP contribution in [-0.4, -0.2) is 10.3 Å². The van der Waals surface area contributed by atoms with Gasteiger partial charge >= 0.3 is 0 Å². The van der Waals surface area contributed by atoms with Crippen molar-refractivity contribution in [2.45, 2.75) is 24.3 Å². The van der Waals surface area contributed by atoms with E-state index in [0.717, 1.165) is 5.75 Å². The molecule has 0 aromatic rings. The van der Waals surface area contributed by atoms with Gasteiger partial charge in [-0.1, -0.05) is 19.4 Å². The maximum Gasteiger partial charge on any atom is 0.0762 e. The van der Waals surface area contributed by atoms with Gasteiger partial charge in [0.2, 0.25) is 0 Å². The van der Waals surface area contributed by atoms with E-state index in [1.807, 2.05) is 6.08 Å². The molecule has 0 nitrogen and oxygen atoms in total. The summed E-state index contributed by atoms with van der Waals surface area (Å²) in [6.45, 7) is 5.82. The van der Waals surface area contributed by atoms with Gasteiger partial charge in [0.05, 0.1) is 4.58 Å². The number of hydrogen-bond acceptors (Lipinski definition) is 3. The average Bonchev–Trinajstić information content (AvgIpc) is 2.58. The minimum atomic E-state index is 0.583. The van der Waals surface area contributed by atoms with Gasteiger partial charge in [-0.2, -0.15) is 12.6 Å². The van der Waals surface area contributed by atoms with Gasteiger partial charge in [-0.05, 0) is 23.0 Å². The molecule has 0 aromatic heterocycles. The van der Waals surface area contributed by atoms with Crippen molar-refractivity contribution < 1.29 is 0 Å². The van der Waals surface area contributed by atoms with E-state index in [1.165, 1.54) is 12.8 Å². The van der Waals surface area contributed by atoms with Crippen molar-refractivity contribution in [3.63, 3.8) is 0 Å². The highest BCUT2D eigenvalue weighted by atomic mass is 32.2. The minimum Gasteiger partial charge on any atom is -0.179 e. The van der Waals surface area contributed by atoms with Gasteiger partial charge in [0.25, 0.3) is 0 Å². The maximum absolute atomic E-state index is 4.00. The van der Waals surface area contributed by atoms with Gasteiger partial charge in [-0.25, -0.2) is 0 Å². The zero-order valence-corrected chi connectivity index (χ0v) is 9.93. The van der Waals surface area contributed by atoms with Crippen molar-refractivity contribution in [2.24, 2.45) is 0 Å². The summed E-state index contributed by atoms with van der Waals surface area (Å²) >= 11 is 7.61. The Morgan fingerprint density at radius 3 is 2.25 bits per heavy atom. The quantitative estimate of drug-likeness (QED) is 0.560. The Bertz CT molecular complexity index is 122. The Morgan fingerprint density at radius 1 is 1.50 bits per heavy atom. The van der Waals surface area contributed by atoms with Crippen molar-refractivity contribution >= 4 is 36.2 Å². The van der Waals surface area contributed by atoms with Crippen LogP contribution in [0.15, 0.2) is 23.5 Å². The topological polar surface area (TPSA) is 0 Å². The predicted molar refractivity (Wildman–Crippen MR) is 67.1 cm³/mol. The van der Waals surface area contributed by atoms with E-state index in [2.05, 4.69) is 36.9 Å². The molecule has 12 heavy (non-hydrogen) atoms. The van der Waals surface area contributed by atoms with Gasteiger partial charge in [-0.15, -0.1) is 30.1 Å². The zero-order chi connectivity index (χ0) is 9.23. The summed E-state index contributed by atoms with van der Waals surface area (Å²) in [7, 11) is 0. The SMILES string of the molecule is C=CC1SC=CS1.CCCCS. The third kappa shape index (κ3) is 7.19. The molecule has 0 saturated heterocycles. The molecule has 0 N–H and O–H groups in total. The lowest BCUT2D eigenvalue weighted by Crippen LogP contribution is -1.78. The molecule has 0 amide bonds. The molecular formula is C9H16S3. The van der Waals surface area contributed by atoms with E-state index < -0.39 is 0 Å². The van der Waals surface area contributed by atoms with Crippen LogP contribution in [0, 0.1) is 0 Å². The van der Waals surface area contributed by atoms with E-state index in [1.54, 1.807) is 23.5 Å². The fourth-order valence-electron chi connectivity index (χ4n) is 0.520. The Labute approximate surface area is 89.7 Å². The second-order valence-electron chi connectivity index (χ2n) is 2.23. The highest BCUT2D eigenvalue weighted by molar-refractivity contribution is 8.22. The van der Waals surface area contributed by atoms with E-state index in [4.69, 9.17) is 0 Å². The van der Waals surface area contributed by atoms with Gasteiger partial charge in [-0.3, -0.25) is 0 Å². The summed E-state index contributed by atoms with van der Waals surface area (Å²) < 4.78 is 0.583. The summed E-state index contributed by atoms with van der Waals surface area (Å²) in [5, 5.41) is 4.19. The van der Waals surface area contributed by atoms with E-state index in [0.29, 0.717) is 4.58 Å². The Hall–Kier alpha value is 0.530. The molecule has 1 aliphatic heterocycles. The third-order valence-corrected chi connectivity index (χ3v) is 3.85. The molecule has 1 heterocycles. The molecule has 0 aliphatic carbocycles. The summed E-state index contributed by atoms with van der Waals surface area (Å²) in [6.07, 6.45) is 4.47. The molecule has 0 radical (unpaired) electrons. The number of thioether (sulfide) groups is 2. The van der Waals surface area contributed by atoms with E-state index >= 15 is 0 Å². The van der Waals surface area contributed by atoms with Crippen molar-refractivity contribution in [3.8, 4) is 0 Å². The normalized spacial score (nSPS) is 15.5. The number of hydrogen-bond donors (Lipinski definition) is 1. The van der Waals surface area contributed by atoms with Crippen LogP contribution in [0.5, 0.6) is 0 Å². The van der Waals surface area contributed by atoms with Crippen LogP contribution < -0.4 is 0 Å². The highest BCUT2D eigenvalue weighted by Crippen LogP contribution is 2.33. The highest BCUT2D eigenvalue weighted by Gasteiger charge is 2.04. The van der Waals surface area contributed by atoms with Crippen LogP contribution in [-0.2, 0) is 0 Å². The minimum absolute atomic E-state index is 0.583. The first-order chi connectivity index (χ1) is 5.85. The summed E-state index contributed by atoms with van der Waals surface area (Å²) in [5.74, 6) is 1.04. The van der Waals surface area contributed by atoms with Crippen LogP contribution in [0.4, 0.5) is 0 Å². The van der Waals surface area contributed by atoms with Gasteiger partial charge < -0.3 is 0 Å². The van der Waals surface area contributed by atoms with Crippen molar-refractivity contribution in [1.82, 2.24) is 0 Å². The average molecular weight is 220 g/mol. The van der Waals surface area contributed by atoms with Gasteiger partial charge in [0, 0.05) is 0 Å². The summed E-state index contributed by atoms with van der Waals surface area (Å²) in [6, 6.07) is 0. The second kappa shape index (κ2) is 9.62. The molecule has 0 atom stereocenters. The van der Waals surface area contributed by atoms with Crippen molar-refractivity contribution in [3.05, 3.63) is 23.5 Å². The third-order valence-electron chi connectivity index (χ3n) is 1.19. The van der Waals surface area contributed by atoms with Gasteiger partial charge in [0.15, 0.2) is 0 Å². The molecule has 0 spiro atoms. The summed E-state index contributed by atoms with van der Waals surface area (Å²) in [4.78, 5) is 0. The first-order valence-corrected chi connectivity index (χ1v) is 6.56. The Kier molecular flexibility index (Phi) is 10.0. The number of thiol groups is 1. The zero-order valence-electron chi connectivity index (χ0n) is 7.40. The Balaban J connectivity index is 0.000000217. The summed E-state index contributed by atoms with van der Waals surface area (Å²) in [5.41, 5.74) is 0. The molecule has 1 aliphatic rings. The molecule has 70 valence electrons. The van der Waals surface area contributed by atoms with E-state index in [9.17, 15) is 0 Å². The molecule has 1 rings (SSSR count). The maximum atomic E-state index is 4.00. The van der Waals surface area contributed by atoms with Crippen molar-refractivity contribution in [2.75, 3.05) is 5.75 Å². The van der Waals surface area contributed by atoms with Crippen LogP contribution in [0.1, 0.15) is 19.8 Å². The second-order valence-corrected chi connectivity index (χ2v) is 5.08. The Morgan fingerprint density at radius 2 is 2.08 bits per heavy atom. The molecule has 3 heteroatoms. The lowest BCUT2D eigenvalue weighted by Gasteiger charge is -1.94. The largest absolute Gasteiger partial charge is 0.179 e. The fraction of sp³-hybridized carbons (Fsp3) is 0.556. The van der Waals surface area contributed by atoms with Crippen LogP contribution in [0.3, 0.4) is 0 Å². The number of rotatable bonds is 3. The monoisotopic (exact) mass is 220 g/mol. The van der Waals surface area contributed by atoms with Crippen LogP contribution in [0.2, 0.25) is 0 Å². The fourth-order valence-corrected chi connectivity index (χ4v) is 2.52. The first kappa shape index (κ1) is 12.5. The van der Waals surface area contributed by atoms with E-state index in [-0.39, 0.29) is 0 Å². The molecular weight excluding hydrogens is 204 g/mol. The van der Waals surface area contributed by atoms with Crippen molar-refractivity contribution in [1.29, 1.82) is 0 Å².